The minimum atomic E-state index is -0.649. The Bertz CT molecular complexity index is 647. The summed E-state index contributed by atoms with van der Waals surface area (Å²) in [5.41, 5.74) is -0.557. The molecule has 0 bridgehead atoms. The van der Waals surface area contributed by atoms with Gasteiger partial charge in [0.1, 0.15) is 11.1 Å². The highest BCUT2D eigenvalue weighted by molar-refractivity contribution is 7.99. The fraction of sp³-hybridized carbons (Fsp3) is 0.125. The van der Waals surface area contributed by atoms with E-state index >= 15 is 0 Å². The van der Waals surface area contributed by atoms with Crippen LogP contribution in [-0.4, -0.2) is 30.1 Å². The molecule has 9 nitrogen and oxygen atoms in total. The molecule has 0 unspecified atom stereocenters. The van der Waals surface area contributed by atoms with E-state index in [1.165, 1.54) is 16.8 Å². The highest BCUT2D eigenvalue weighted by atomic mass is 32.2. The van der Waals surface area contributed by atoms with E-state index in [4.69, 9.17) is 5.26 Å². The number of aromatic nitrogens is 5. The van der Waals surface area contributed by atoms with Gasteiger partial charge in [0.05, 0.1) is 4.92 Å². The number of rotatable bonds is 3. The standard InChI is InChI=1S/C8H5N7O2S/c1-14-8(11-12-13-14)18-7-3-2-6(15(16)17)5(4-9)10-7/h2-3H,1H3. The molecule has 0 atom stereocenters. The second-order valence-electron chi connectivity index (χ2n) is 3.07. The lowest BCUT2D eigenvalue weighted by Crippen LogP contribution is -1.97. The summed E-state index contributed by atoms with van der Waals surface area (Å²) < 4.78 is 1.43. The largest absolute Gasteiger partial charge is 0.305 e. The fourth-order valence-corrected chi connectivity index (χ4v) is 1.83. The van der Waals surface area contributed by atoms with Crippen molar-refractivity contribution in [1.29, 1.82) is 5.26 Å². The van der Waals surface area contributed by atoms with Crippen molar-refractivity contribution in [3.8, 4) is 6.07 Å². The van der Waals surface area contributed by atoms with Gasteiger partial charge in [0.15, 0.2) is 0 Å². The summed E-state index contributed by atoms with van der Waals surface area (Å²) in [6.45, 7) is 0. The molecule has 0 fully saturated rings. The molecule has 0 saturated heterocycles. The average molecular weight is 263 g/mol. The number of pyridine rings is 1. The van der Waals surface area contributed by atoms with Gasteiger partial charge in [-0.05, 0) is 28.3 Å². The minimum absolute atomic E-state index is 0.236. The summed E-state index contributed by atoms with van der Waals surface area (Å²) >= 11 is 1.11. The molecule has 2 rings (SSSR count). The first-order chi connectivity index (χ1) is 8.61. The molecule has 2 heterocycles. The van der Waals surface area contributed by atoms with E-state index in [9.17, 15) is 10.1 Å². The van der Waals surface area contributed by atoms with Crippen molar-refractivity contribution >= 4 is 17.4 Å². The number of nitriles is 1. The molecule has 0 saturated carbocycles. The Morgan fingerprint density at radius 3 is 2.89 bits per heavy atom. The van der Waals surface area contributed by atoms with Crippen molar-refractivity contribution in [1.82, 2.24) is 25.2 Å². The van der Waals surface area contributed by atoms with E-state index in [1.54, 1.807) is 13.1 Å². The van der Waals surface area contributed by atoms with E-state index in [1.807, 2.05) is 0 Å². The van der Waals surface area contributed by atoms with Gasteiger partial charge >= 0.3 is 5.69 Å². The number of nitrogens with zero attached hydrogens (tertiary/aromatic N) is 7. The zero-order chi connectivity index (χ0) is 13.1. The number of tetrazole rings is 1. The molecule has 90 valence electrons. The molecular formula is C8H5N7O2S. The Labute approximate surface area is 105 Å². The molecule has 0 amide bonds. The van der Waals surface area contributed by atoms with Crippen LogP contribution >= 0.6 is 11.8 Å². The van der Waals surface area contributed by atoms with Gasteiger partial charge in [0.2, 0.25) is 10.9 Å². The first-order valence-corrected chi connectivity index (χ1v) is 5.39. The van der Waals surface area contributed by atoms with Crippen LogP contribution in [0.25, 0.3) is 0 Å². The quantitative estimate of drug-likeness (QED) is 0.580. The van der Waals surface area contributed by atoms with Crippen LogP contribution < -0.4 is 0 Å². The summed E-state index contributed by atoms with van der Waals surface area (Å²) in [5.74, 6) is 0. The lowest BCUT2D eigenvalue weighted by atomic mass is 10.3. The normalized spacial score (nSPS) is 10.0. The SMILES string of the molecule is Cn1nnnc1Sc1ccc([N+](=O)[O-])c(C#N)n1. The minimum Gasteiger partial charge on any atom is -0.258 e. The number of aryl methyl sites for hydroxylation is 1. The average Bonchev–Trinajstić information content (AvgIpc) is 2.74. The maximum absolute atomic E-state index is 10.6. The van der Waals surface area contributed by atoms with Crippen molar-refractivity contribution in [3.05, 3.63) is 27.9 Å². The Morgan fingerprint density at radius 2 is 2.33 bits per heavy atom. The summed E-state index contributed by atoms with van der Waals surface area (Å²) in [7, 11) is 1.65. The van der Waals surface area contributed by atoms with Crippen LogP contribution in [-0.2, 0) is 7.05 Å². The molecule has 0 aromatic carbocycles. The van der Waals surface area contributed by atoms with Crippen molar-refractivity contribution in [3.63, 3.8) is 0 Å². The van der Waals surface area contributed by atoms with Gasteiger partial charge in [-0.25, -0.2) is 9.67 Å². The van der Waals surface area contributed by atoms with E-state index in [0.29, 0.717) is 10.2 Å². The van der Waals surface area contributed by atoms with E-state index in [0.717, 1.165) is 11.8 Å². The Hall–Kier alpha value is -2.54. The zero-order valence-corrected chi connectivity index (χ0v) is 9.83. The first-order valence-electron chi connectivity index (χ1n) is 4.57. The van der Waals surface area contributed by atoms with Gasteiger partial charge in [-0.3, -0.25) is 10.1 Å². The highest BCUT2D eigenvalue weighted by Crippen LogP contribution is 2.26. The van der Waals surface area contributed by atoms with Crippen LogP contribution in [0.2, 0.25) is 0 Å². The third kappa shape index (κ3) is 2.25. The Kier molecular flexibility index (Phi) is 3.16. The molecule has 10 heteroatoms. The molecule has 2 aromatic rings. The summed E-state index contributed by atoms with van der Waals surface area (Å²) in [5, 5.41) is 31.1. The van der Waals surface area contributed by atoms with Crippen molar-refractivity contribution in [2.45, 2.75) is 10.2 Å². The van der Waals surface area contributed by atoms with Crippen molar-refractivity contribution in [2.75, 3.05) is 0 Å². The lowest BCUT2D eigenvalue weighted by molar-refractivity contribution is -0.385. The molecule has 0 aliphatic carbocycles. The van der Waals surface area contributed by atoms with E-state index in [2.05, 4.69) is 20.5 Å². The van der Waals surface area contributed by atoms with Crippen LogP contribution in [0.4, 0.5) is 5.69 Å². The molecule has 2 aromatic heterocycles. The summed E-state index contributed by atoms with van der Waals surface area (Å²) in [6.07, 6.45) is 0. The van der Waals surface area contributed by atoms with Gasteiger partial charge < -0.3 is 0 Å². The van der Waals surface area contributed by atoms with Gasteiger partial charge in [0, 0.05) is 13.1 Å². The summed E-state index contributed by atoms with van der Waals surface area (Å²) in [6, 6.07) is 4.36. The number of hydrogen-bond acceptors (Lipinski definition) is 8. The highest BCUT2D eigenvalue weighted by Gasteiger charge is 2.16. The predicted molar refractivity (Wildman–Crippen MR) is 58.5 cm³/mol. The van der Waals surface area contributed by atoms with Crippen LogP contribution in [0.1, 0.15) is 5.69 Å². The zero-order valence-electron chi connectivity index (χ0n) is 9.01. The van der Waals surface area contributed by atoms with Gasteiger partial charge in [-0.15, -0.1) is 5.10 Å². The van der Waals surface area contributed by atoms with Crippen LogP contribution in [0, 0.1) is 21.4 Å². The molecular weight excluding hydrogens is 258 g/mol. The third-order valence-corrected chi connectivity index (χ3v) is 2.89. The smallest absolute Gasteiger partial charge is 0.258 e. The Morgan fingerprint density at radius 1 is 1.56 bits per heavy atom. The molecule has 0 spiro atoms. The van der Waals surface area contributed by atoms with Gasteiger partial charge in [0.25, 0.3) is 0 Å². The first kappa shape index (κ1) is 11.9. The molecule has 18 heavy (non-hydrogen) atoms. The maximum atomic E-state index is 10.6. The number of hydrogen-bond donors (Lipinski definition) is 0. The molecule has 0 radical (unpaired) electrons. The predicted octanol–water partition coefficient (Wildman–Crippen LogP) is 0.536. The second kappa shape index (κ2) is 4.76. The lowest BCUT2D eigenvalue weighted by Gasteiger charge is -1.99. The second-order valence-corrected chi connectivity index (χ2v) is 4.06. The monoisotopic (exact) mass is 263 g/mol. The third-order valence-electron chi connectivity index (χ3n) is 1.93. The van der Waals surface area contributed by atoms with Gasteiger partial charge in [-0.2, -0.15) is 5.26 Å². The van der Waals surface area contributed by atoms with Crippen molar-refractivity contribution in [2.24, 2.45) is 7.05 Å². The fourth-order valence-electron chi connectivity index (χ4n) is 1.12. The number of nitro groups is 1. The maximum Gasteiger partial charge on any atom is 0.305 e. The van der Waals surface area contributed by atoms with Crippen molar-refractivity contribution < 1.29 is 4.92 Å². The van der Waals surface area contributed by atoms with Crippen LogP contribution in [0.3, 0.4) is 0 Å². The summed E-state index contributed by atoms with van der Waals surface area (Å²) in [4.78, 5) is 13.9. The molecule has 0 aliphatic rings. The van der Waals surface area contributed by atoms with Crippen LogP contribution in [0.5, 0.6) is 0 Å². The topological polar surface area (TPSA) is 123 Å². The van der Waals surface area contributed by atoms with Gasteiger partial charge in [-0.1, -0.05) is 0 Å². The van der Waals surface area contributed by atoms with Crippen LogP contribution in [0.15, 0.2) is 22.3 Å². The molecule has 0 aliphatic heterocycles. The van der Waals surface area contributed by atoms with E-state index < -0.39 is 4.92 Å². The van der Waals surface area contributed by atoms with E-state index in [-0.39, 0.29) is 11.4 Å². The Balaban J connectivity index is 2.34. The molecule has 0 N–H and O–H groups in total.